The molecule has 0 bridgehead atoms. The number of nitrogens with zero attached hydrogens (tertiary/aromatic N) is 2. The van der Waals surface area contributed by atoms with Gasteiger partial charge in [-0.3, -0.25) is 4.90 Å². The molecule has 0 saturated heterocycles. The lowest BCUT2D eigenvalue weighted by molar-refractivity contribution is 0.142. The van der Waals surface area contributed by atoms with Crippen molar-refractivity contribution in [2.45, 2.75) is 64.6 Å². The van der Waals surface area contributed by atoms with Crippen LogP contribution < -0.4 is 5.73 Å². The van der Waals surface area contributed by atoms with E-state index in [2.05, 4.69) is 37.7 Å². The fourth-order valence-corrected chi connectivity index (χ4v) is 3.98. The highest BCUT2D eigenvalue weighted by Crippen LogP contribution is 2.32. The molecule has 1 aliphatic rings. The number of aromatic nitrogens is 1. The van der Waals surface area contributed by atoms with Crippen molar-refractivity contribution < 1.29 is 0 Å². The molecule has 1 unspecified atom stereocenters. The van der Waals surface area contributed by atoms with Gasteiger partial charge in [0.25, 0.3) is 0 Å². The van der Waals surface area contributed by atoms with E-state index in [0.717, 1.165) is 0 Å². The summed E-state index contributed by atoms with van der Waals surface area (Å²) in [4.78, 5) is 8.48. The van der Waals surface area contributed by atoms with Gasteiger partial charge < -0.3 is 5.73 Å². The zero-order chi connectivity index (χ0) is 13.3. The molecule has 0 amide bonds. The lowest BCUT2D eigenvalue weighted by atomic mass is 9.90. The highest BCUT2D eigenvalue weighted by atomic mass is 32.1. The van der Waals surface area contributed by atoms with Crippen LogP contribution in [0.1, 0.15) is 54.2 Å². The zero-order valence-corrected chi connectivity index (χ0v) is 12.8. The number of rotatable bonds is 3. The maximum Gasteiger partial charge on any atom is 0.0900 e. The highest BCUT2D eigenvalue weighted by molar-refractivity contribution is 7.11. The van der Waals surface area contributed by atoms with Crippen molar-refractivity contribution in [1.82, 2.24) is 9.88 Å². The Morgan fingerprint density at radius 3 is 2.39 bits per heavy atom. The van der Waals surface area contributed by atoms with E-state index < -0.39 is 0 Å². The van der Waals surface area contributed by atoms with Crippen molar-refractivity contribution in [1.29, 1.82) is 0 Å². The second-order valence-corrected chi connectivity index (χ2v) is 6.83. The van der Waals surface area contributed by atoms with Crippen LogP contribution >= 0.6 is 11.3 Å². The number of hydrogen-bond acceptors (Lipinski definition) is 4. The monoisotopic (exact) mass is 267 g/mol. The molecule has 1 aliphatic carbocycles. The average molecular weight is 267 g/mol. The van der Waals surface area contributed by atoms with Gasteiger partial charge in [0, 0.05) is 23.0 Å². The molecule has 1 aromatic rings. The van der Waals surface area contributed by atoms with E-state index in [1.165, 1.54) is 41.3 Å². The van der Waals surface area contributed by atoms with E-state index in [0.29, 0.717) is 18.1 Å². The number of hydrogen-bond donors (Lipinski definition) is 1. The Labute approximate surface area is 114 Å². The first-order chi connectivity index (χ1) is 8.49. The maximum absolute atomic E-state index is 5.99. The molecule has 0 radical (unpaired) electrons. The normalized spacial score (nSPS) is 26.6. The number of nitrogens with two attached hydrogens (primary N) is 1. The molecule has 102 valence electrons. The largest absolute Gasteiger partial charge is 0.328 e. The second-order valence-electron chi connectivity index (χ2n) is 5.59. The summed E-state index contributed by atoms with van der Waals surface area (Å²) in [6.45, 7) is 6.52. The summed E-state index contributed by atoms with van der Waals surface area (Å²) in [6, 6.07) is 1.58. The molecule has 1 fully saturated rings. The first-order valence-electron chi connectivity index (χ1n) is 6.90. The van der Waals surface area contributed by atoms with Crippen molar-refractivity contribution in [3.05, 3.63) is 15.6 Å². The summed E-state index contributed by atoms with van der Waals surface area (Å²) in [6.07, 6.45) is 4.81. The minimum absolute atomic E-state index is 0.428. The van der Waals surface area contributed by atoms with Gasteiger partial charge in [-0.1, -0.05) is 0 Å². The Morgan fingerprint density at radius 2 is 1.89 bits per heavy atom. The van der Waals surface area contributed by atoms with Gasteiger partial charge in [-0.25, -0.2) is 4.98 Å². The van der Waals surface area contributed by atoms with Crippen LogP contribution in [0.25, 0.3) is 0 Å². The summed E-state index contributed by atoms with van der Waals surface area (Å²) in [5.74, 6) is 0. The van der Waals surface area contributed by atoms with Gasteiger partial charge >= 0.3 is 0 Å². The molecule has 1 atom stereocenters. The van der Waals surface area contributed by atoms with Crippen molar-refractivity contribution in [2.75, 3.05) is 7.05 Å². The highest BCUT2D eigenvalue weighted by Gasteiger charge is 2.27. The molecular weight excluding hydrogens is 242 g/mol. The van der Waals surface area contributed by atoms with Gasteiger partial charge in [-0.05, 0) is 53.5 Å². The lowest BCUT2D eigenvalue weighted by Gasteiger charge is -2.37. The van der Waals surface area contributed by atoms with E-state index in [1.807, 2.05) is 11.3 Å². The van der Waals surface area contributed by atoms with Crippen LogP contribution in [0.2, 0.25) is 0 Å². The number of thiazole rings is 1. The molecule has 0 aliphatic heterocycles. The first-order valence-corrected chi connectivity index (χ1v) is 7.72. The van der Waals surface area contributed by atoms with Crippen molar-refractivity contribution >= 4 is 11.3 Å². The predicted octanol–water partition coefficient (Wildman–Crippen LogP) is 3.02. The topological polar surface area (TPSA) is 42.2 Å². The average Bonchev–Trinajstić information content (AvgIpc) is 2.67. The van der Waals surface area contributed by atoms with E-state index in [1.54, 1.807) is 0 Å². The van der Waals surface area contributed by atoms with Crippen molar-refractivity contribution in [3.63, 3.8) is 0 Å². The molecule has 0 spiro atoms. The molecule has 1 aromatic heterocycles. The minimum atomic E-state index is 0.428. The van der Waals surface area contributed by atoms with E-state index in [-0.39, 0.29) is 0 Å². The quantitative estimate of drug-likeness (QED) is 0.915. The Bertz CT molecular complexity index is 394. The molecule has 0 aromatic carbocycles. The summed E-state index contributed by atoms with van der Waals surface area (Å²) >= 11 is 1.84. The molecule has 1 heterocycles. The third-order valence-electron chi connectivity index (χ3n) is 4.25. The van der Waals surface area contributed by atoms with Crippen LogP contribution in [0.5, 0.6) is 0 Å². The zero-order valence-electron chi connectivity index (χ0n) is 11.9. The van der Waals surface area contributed by atoms with Gasteiger partial charge in [0.1, 0.15) is 0 Å². The predicted molar refractivity (Wildman–Crippen MR) is 78.0 cm³/mol. The molecule has 18 heavy (non-hydrogen) atoms. The smallest absolute Gasteiger partial charge is 0.0900 e. The van der Waals surface area contributed by atoms with Gasteiger partial charge in [0.15, 0.2) is 0 Å². The Hall–Kier alpha value is -0.450. The van der Waals surface area contributed by atoms with Crippen LogP contribution in [-0.2, 0) is 0 Å². The standard InChI is InChI=1S/C14H25N3S/c1-9-14(18-11(3)16-9)10(2)17(4)13-7-5-12(15)6-8-13/h10,12-13H,5-8,15H2,1-4H3. The van der Waals surface area contributed by atoms with E-state index in [4.69, 9.17) is 5.73 Å². The van der Waals surface area contributed by atoms with Crippen LogP contribution in [-0.4, -0.2) is 29.0 Å². The third-order valence-corrected chi connectivity index (χ3v) is 5.49. The minimum Gasteiger partial charge on any atom is -0.328 e. The molecule has 3 nitrogen and oxygen atoms in total. The Kier molecular flexibility index (Phi) is 4.41. The van der Waals surface area contributed by atoms with Crippen molar-refractivity contribution in [3.8, 4) is 0 Å². The number of aryl methyl sites for hydroxylation is 2. The Balaban J connectivity index is 2.04. The van der Waals surface area contributed by atoms with Crippen LogP contribution in [0.3, 0.4) is 0 Å². The Morgan fingerprint density at radius 1 is 1.28 bits per heavy atom. The summed E-state index contributed by atoms with van der Waals surface area (Å²) in [7, 11) is 2.25. The van der Waals surface area contributed by atoms with Crippen LogP contribution in [0.4, 0.5) is 0 Å². The molecule has 4 heteroatoms. The van der Waals surface area contributed by atoms with Crippen LogP contribution in [0, 0.1) is 13.8 Å². The third kappa shape index (κ3) is 2.92. The van der Waals surface area contributed by atoms with E-state index >= 15 is 0 Å². The summed E-state index contributed by atoms with van der Waals surface area (Å²) in [5.41, 5.74) is 7.18. The van der Waals surface area contributed by atoms with Gasteiger partial charge in [0.2, 0.25) is 0 Å². The van der Waals surface area contributed by atoms with E-state index in [9.17, 15) is 0 Å². The van der Waals surface area contributed by atoms with Crippen LogP contribution in [0.15, 0.2) is 0 Å². The second kappa shape index (κ2) is 5.68. The molecule has 1 saturated carbocycles. The van der Waals surface area contributed by atoms with Gasteiger partial charge in [-0.2, -0.15) is 0 Å². The summed E-state index contributed by atoms with van der Waals surface area (Å²) < 4.78 is 0. The molecule has 2 N–H and O–H groups in total. The summed E-state index contributed by atoms with van der Waals surface area (Å²) in [5, 5.41) is 1.17. The van der Waals surface area contributed by atoms with Gasteiger partial charge in [0.05, 0.1) is 10.7 Å². The SMILES string of the molecule is Cc1nc(C)c(C(C)N(C)C2CCC(N)CC2)s1. The first kappa shape index (κ1) is 14.0. The molecular formula is C14H25N3S. The fourth-order valence-electron chi connectivity index (χ4n) is 2.94. The van der Waals surface area contributed by atoms with Crippen molar-refractivity contribution in [2.24, 2.45) is 5.73 Å². The van der Waals surface area contributed by atoms with Gasteiger partial charge in [-0.15, -0.1) is 11.3 Å². The molecule has 2 rings (SSSR count). The maximum atomic E-state index is 5.99. The lowest BCUT2D eigenvalue weighted by Crippen LogP contribution is -2.39. The fraction of sp³-hybridized carbons (Fsp3) is 0.786.